The Morgan fingerprint density at radius 2 is 1.66 bits per heavy atom. The Bertz CT molecular complexity index is 853. The lowest BCUT2D eigenvalue weighted by Gasteiger charge is -2.45. The van der Waals surface area contributed by atoms with Gasteiger partial charge in [0.2, 0.25) is 5.91 Å². The van der Waals surface area contributed by atoms with Crippen molar-refractivity contribution in [2.45, 2.75) is 90.8 Å². The molecule has 178 valence electrons. The first-order valence-electron chi connectivity index (χ1n) is 11.1. The summed E-state index contributed by atoms with van der Waals surface area (Å²) < 4.78 is 11.6. The molecule has 1 saturated heterocycles. The van der Waals surface area contributed by atoms with Crippen molar-refractivity contribution in [3.05, 3.63) is 29.8 Å². The van der Waals surface area contributed by atoms with Crippen molar-refractivity contribution in [3.8, 4) is 0 Å². The molecule has 8 heteroatoms. The van der Waals surface area contributed by atoms with Gasteiger partial charge in [0.25, 0.3) is 0 Å². The fourth-order valence-corrected chi connectivity index (χ4v) is 4.80. The molecule has 0 unspecified atom stereocenters. The van der Waals surface area contributed by atoms with Crippen molar-refractivity contribution in [2.75, 3.05) is 5.32 Å². The summed E-state index contributed by atoms with van der Waals surface area (Å²) in [7, 11) is -2.02. The van der Waals surface area contributed by atoms with Crippen molar-refractivity contribution in [1.82, 2.24) is 5.32 Å². The zero-order valence-electron chi connectivity index (χ0n) is 20.8. The average Bonchev–Trinajstić information content (AvgIpc) is 2.58. The molecule has 0 aliphatic carbocycles. The van der Waals surface area contributed by atoms with Crippen LogP contribution in [0.5, 0.6) is 0 Å². The molecule has 1 aromatic carbocycles. The molecule has 1 heterocycles. The first kappa shape index (κ1) is 26.1. The van der Waals surface area contributed by atoms with Gasteiger partial charge in [0.1, 0.15) is 5.60 Å². The second-order valence-corrected chi connectivity index (χ2v) is 15.8. The Labute approximate surface area is 192 Å². The number of β-lactam (4-membered cyclic amide) rings is 1. The van der Waals surface area contributed by atoms with Crippen LogP contribution in [-0.2, 0) is 14.0 Å². The van der Waals surface area contributed by atoms with Crippen molar-refractivity contribution in [3.63, 3.8) is 0 Å². The summed E-state index contributed by atoms with van der Waals surface area (Å²) in [5, 5.41) is 5.55. The van der Waals surface area contributed by atoms with E-state index in [1.54, 1.807) is 45.0 Å². The Morgan fingerprint density at radius 3 is 2.12 bits per heavy atom. The van der Waals surface area contributed by atoms with Gasteiger partial charge in [0, 0.05) is 17.7 Å². The molecule has 0 saturated carbocycles. The predicted molar refractivity (Wildman–Crippen MR) is 128 cm³/mol. The third-order valence-corrected chi connectivity index (χ3v) is 10.7. The summed E-state index contributed by atoms with van der Waals surface area (Å²) >= 11 is 0. The smallest absolute Gasteiger partial charge is 0.412 e. The van der Waals surface area contributed by atoms with E-state index in [2.05, 4.69) is 44.5 Å². The molecule has 1 aliphatic rings. The number of benzene rings is 1. The fourth-order valence-electron chi connectivity index (χ4n) is 3.37. The minimum Gasteiger partial charge on any atom is -0.444 e. The van der Waals surface area contributed by atoms with E-state index in [1.165, 1.54) is 0 Å². The van der Waals surface area contributed by atoms with Crippen molar-refractivity contribution in [2.24, 2.45) is 5.92 Å². The summed E-state index contributed by atoms with van der Waals surface area (Å²) in [6.07, 6.45) is -0.587. The highest BCUT2D eigenvalue weighted by molar-refractivity contribution is 6.74. The number of ether oxygens (including phenoxy) is 1. The summed E-state index contributed by atoms with van der Waals surface area (Å²) in [6.45, 7) is 18.1. The van der Waals surface area contributed by atoms with E-state index < -0.39 is 20.0 Å². The molecule has 0 spiro atoms. The van der Waals surface area contributed by atoms with Gasteiger partial charge in [0.15, 0.2) is 14.1 Å². The second kappa shape index (κ2) is 9.35. The summed E-state index contributed by atoms with van der Waals surface area (Å²) in [5.74, 6) is -0.463. The van der Waals surface area contributed by atoms with Crippen LogP contribution < -0.4 is 10.6 Å². The van der Waals surface area contributed by atoms with Gasteiger partial charge < -0.3 is 14.5 Å². The van der Waals surface area contributed by atoms with Crippen LogP contribution in [0.25, 0.3) is 0 Å². The van der Waals surface area contributed by atoms with Gasteiger partial charge in [-0.05, 0) is 70.1 Å². The molecule has 7 nitrogen and oxygen atoms in total. The predicted octanol–water partition coefficient (Wildman–Crippen LogP) is 5.13. The van der Waals surface area contributed by atoms with Crippen LogP contribution in [0.2, 0.25) is 18.1 Å². The fraction of sp³-hybridized carbons (Fsp3) is 0.625. The number of rotatable bonds is 7. The van der Waals surface area contributed by atoms with E-state index in [-0.39, 0.29) is 41.2 Å². The summed E-state index contributed by atoms with van der Waals surface area (Å²) in [4.78, 5) is 36.9. The van der Waals surface area contributed by atoms with Crippen LogP contribution in [0, 0.1) is 5.92 Å². The number of anilines is 1. The standard InChI is InChI=1S/C24H38N2O5Si/c1-15(31-32(8,9)24(5,6)7)20-18(26-21(20)28)14-19(27)16-10-12-17(13-11-16)25-22(29)30-23(2,3)4/h10-13,15,18,20H,14H2,1-9H3,(H,25,29)(H,26,28)/t15-,18-,20-/m1/s1. The number of amides is 2. The maximum absolute atomic E-state index is 12.8. The lowest BCUT2D eigenvalue weighted by Crippen LogP contribution is -2.64. The molecule has 0 bridgehead atoms. The van der Waals surface area contributed by atoms with Gasteiger partial charge in [-0.1, -0.05) is 20.8 Å². The number of carbonyl (C=O) groups excluding carboxylic acids is 3. The molecule has 1 fully saturated rings. The SMILES string of the molecule is C[C@@H](O[Si](C)(C)C(C)(C)C)[C@H]1C(=O)N[C@@H]1CC(=O)c1ccc(NC(=O)OC(C)(C)C)cc1. The van der Waals surface area contributed by atoms with Gasteiger partial charge in [-0.3, -0.25) is 14.9 Å². The van der Waals surface area contributed by atoms with Gasteiger partial charge in [-0.25, -0.2) is 4.79 Å². The highest BCUT2D eigenvalue weighted by Gasteiger charge is 2.47. The van der Waals surface area contributed by atoms with E-state index in [1.807, 2.05) is 6.92 Å². The van der Waals surface area contributed by atoms with E-state index in [0.29, 0.717) is 11.3 Å². The van der Waals surface area contributed by atoms with Gasteiger partial charge in [0.05, 0.1) is 18.1 Å². The van der Waals surface area contributed by atoms with E-state index in [9.17, 15) is 14.4 Å². The zero-order chi connectivity index (χ0) is 24.5. The topological polar surface area (TPSA) is 93.7 Å². The molecule has 3 atom stereocenters. The van der Waals surface area contributed by atoms with Crippen LogP contribution in [-0.4, -0.2) is 43.8 Å². The van der Waals surface area contributed by atoms with E-state index >= 15 is 0 Å². The Kier molecular flexibility index (Phi) is 7.62. The second-order valence-electron chi connectivity index (χ2n) is 11.1. The number of Topliss-reactive ketones (excluding diaryl/α,β-unsaturated/α-hetero) is 1. The van der Waals surface area contributed by atoms with Crippen LogP contribution in [0.3, 0.4) is 0 Å². The third kappa shape index (κ3) is 6.65. The van der Waals surface area contributed by atoms with Crippen molar-refractivity contribution < 1.29 is 23.5 Å². The molecule has 1 aliphatic heterocycles. The first-order chi connectivity index (χ1) is 14.5. The zero-order valence-corrected chi connectivity index (χ0v) is 21.8. The molecule has 0 radical (unpaired) electrons. The van der Waals surface area contributed by atoms with Crippen molar-refractivity contribution in [1.29, 1.82) is 0 Å². The summed E-state index contributed by atoms with van der Waals surface area (Å²) in [5.41, 5.74) is 0.481. The minimum absolute atomic E-state index is 0.0435. The van der Waals surface area contributed by atoms with Crippen molar-refractivity contribution >= 4 is 31.8 Å². The number of nitrogens with one attached hydrogen (secondary N) is 2. The molecule has 2 N–H and O–H groups in total. The molecule has 32 heavy (non-hydrogen) atoms. The molecule has 2 rings (SSSR count). The molecular weight excluding hydrogens is 424 g/mol. The maximum atomic E-state index is 12.8. The lowest BCUT2D eigenvalue weighted by molar-refractivity contribution is -0.139. The highest BCUT2D eigenvalue weighted by atomic mass is 28.4. The van der Waals surface area contributed by atoms with Gasteiger partial charge in [-0.2, -0.15) is 0 Å². The average molecular weight is 463 g/mol. The number of hydrogen-bond acceptors (Lipinski definition) is 5. The lowest BCUT2D eigenvalue weighted by atomic mass is 9.82. The molecular formula is C24H38N2O5Si. The van der Waals surface area contributed by atoms with Gasteiger partial charge >= 0.3 is 6.09 Å². The minimum atomic E-state index is -2.02. The summed E-state index contributed by atoms with van der Waals surface area (Å²) in [6, 6.07) is 6.42. The largest absolute Gasteiger partial charge is 0.444 e. The maximum Gasteiger partial charge on any atom is 0.412 e. The number of ketones is 1. The van der Waals surface area contributed by atoms with Crippen LogP contribution >= 0.6 is 0 Å². The Balaban J connectivity index is 1.97. The monoisotopic (exact) mass is 462 g/mol. The molecule has 1 aromatic rings. The quantitative estimate of drug-likeness (QED) is 0.333. The van der Waals surface area contributed by atoms with Crippen LogP contribution in [0.1, 0.15) is 65.2 Å². The Hall–Kier alpha value is -2.19. The molecule has 2 amide bonds. The normalized spacial score (nSPS) is 20.1. The first-order valence-corrected chi connectivity index (χ1v) is 14.0. The van der Waals surface area contributed by atoms with Gasteiger partial charge in [-0.15, -0.1) is 0 Å². The molecule has 0 aromatic heterocycles. The van der Waals surface area contributed by atoms with E-state index in [4.69, 9.17) is 9.16 Å². The Morgan fingerprint density at radius 1 is 1.09 bits per heavy atom. The van der Waals surface area contributed by atoms with Crippen LogP contribution in [0.4, 0.5) is 10.5 Å². The number of hydrogen-bond donors (Lipinski definition) is 2. The third-order valence-electron chi connectivity index (χ3n) is 6.11. The van der Waals surface area contributed by atoms with E-state index in [0.717, 1.165) is 0 Å². The van der Waals surface area contributed by atoms with Crippen LogP contribution in [0.15, 0.2) is 24.3 Å². The number of carbonyl (C=O) groups is 3. The highest BCUT2D eigenvalue weighted by Crippen LogP contribution is 2.39.